The number of hydrogen-bond donors (Lipinski definition) is 2. The summed E-state index contributed by atoms with van der Waals surface area (Å²) in [5, 5.41) is 20.0. The first-order chi connectivity index (χ1) is 9.38. The summed E-state index contributed by atoms with van der Waals surface area (Å²) in [7, 11) is 0. The number of nitrogens with zero attached hydrogens (tertiary/aromatic N) is 1. The van der Waals surface area contributed by atoms with Gasteiger partial charge in [0.15, 0.2) is 0 Å². The number of phenolic OH excluding ortho intramolecular Hbond substituents is 2. The second-order valence-corrected chi connectivity index (χ2v) is 6.39. The minimum Gasteiger partial charge on any atom is -0.506 e. The van der Waals surface area contributed by atoms with Gasteiger partial charge in [-0.15, -0.1) is 0 Å². The fourth-order valence-corrected chi connectivity index (χ4v) is 3.13. The number of phenols is 2. The molecule has 0 unspecified atom stereocenters. The van der Waals surface area contributed by atoms with Crippen molar-refractivity contribution in [1.29, 1.82) is 0 Å². The molecule has 0 aliphatic rings. The fraction of sp³-hybridized carbons (Fsp3) is 0. The summed E-state index contributed by atoms with van der Waals surface area (Å²) in [5.74, 6) is 0.00863. The van der Waals surface area contributed by atoms with Crippen LogP contribution in [0.25, 0.3) is 0 Å². The molecule has 0 aliphatic heterocycles. The van der Waals surface area contributed by atoms with E-state index < -0.39 is 0 Å². The van der Waals surface area contributed by atoms with Gasteiger partial charge in [-0.05, 0) is 56.1 Å². The summed E-state index contributed by atoms with van der Waals surface area (Å²) in [5.41, 5.74) is 0.986. The Kier molecular flexibility index (Phi) is 4.96. The van der Waals surface area contributed by atoms with Crippen LogP contribution in [0.1, 0.15) is 5.56 Å². The Bertz CT molecular complexity index is 682. The first-order valence-electron chi connectivity index (χ1n) is 5.28. The molecule has 2 aromatic rings. The number of benzene rings is 2. The molecule has 3 nitrogen and oxygen atoms in total. The largest absolute Gasteiger partial charge is 0.506 e. The average Bonchev–Trinajstić information content (AvgIpc) is 2.38. The highest BCUT2D eigenvalue weighted by Crippen LogP contribution is 2.36. The van der Waals surface area contributed by atoms with E-state index in [0.717, 1.165) is 0 Å². The highest BCUT2D eigenvalue weighted by Gasteiger charge is 2.07. The van der Waals surface area contributed by atoms with Crippen molar-refractivity contribution in [2.45, 2.75) is 0 Å². The van der Waals surface area contributed by atoms with Gasteiger partial charge in [-0.1, -0.05) is 23.2 Å². The molecule has 0 saturated carbocycles. The van der Waals surface area contributed by atoms with Crippen molar-refractivity contribution in [3.05, 3.63) is 48.8 Å². The van der Waals surface area contributed by atoms with Crippen LogP contribution in [0.15, 0.2) is 38.2 Å². The molecular weight excluding hydrogens is 433 g/mol. The highest BCUT2D eigenvalue weighted by atomic mass is 79.9. The maximum absolute atomic E-state index is 9.81. The first-order valence-corrected chi connectivity index (χ1v) is 7.62. The average molecular weight is 440 g/mol. The Balaban J connectivity index is 2.40. The molecule has 0 fully saturated rings. The first kappa shape index (κ1) is 15.6. The molecule has 0 amide bonds. The molecule has 0 bridgehead atoms. The van der Waals surface area contributed by atoms with E-state index in [1.165, 1.54) is 12.3 Å². The molecular formula is C13H7Br2Cl2NO2. The van der Waals surface area contributed by atoms with Gasteiger partial charge in [-0.25, -0.2) is 0 Å². The van der Waals surface area contributed by atoms with Crippen LogP contribution >= 0.6 is 55.1 Å². The van der Waals surface area contributed by atoms with Gasteiger partial charge in [0.25, 0.3) is 0 Å². The van der Waals surface area contributed by atoms with E-state index in [1.54, 1.807) is 18.2 Å². The zero-order chi connectivity index (χ0) is 14.9. The fourth-order valence-electron chi connectivity index (χ4n) is 1.46. The molecule has 0 aliphatic carbocycles. The number of aromatic hydroxyl groups is 2. The van der Waals surface area contributed by atoms with E-state index in [2.05, 4.69) is 36.9 Å². The SMILES string of the molecule is Oc1c(Br)cc(N=Cc2cc(Cl)cc(Cl)c2O)cc1Br. The van der Waals surface area contributed by atoms with Crippen LogP contribution in [0.4, 0.5) is 5.69 Å². The monoisotopic (exact) mass is 437 g/mol. The molecule has 2 aromatic carbocycles. The van der Waals surface area contributed by atoms with Gasteiger partial charge >= 0.3 is 0 Å². The van der Waals surface area contributed by atoms with Crippen molar-refractivity contribution in [1.82, 2.24) is 0 Å². The van der Waals surface area contributed by atoms with Gasteiger partial charge in [0, 0.05) is 16.8 Å². The molecule has 0 aromatic heterocycles. The Labute approximate surface area is 142 Å². The quantitative estimate of drug-likeness (QED) is 0.591. The smallest absolute Gasteiger partial charge is 0.144 e. The Morgan fingerprint density at radius 2 is 1.55 bits per heavy atom. The predicted octanol–water partition coefficient (Wildman–Crippen LogP) is 5.68. The van der Waals surface area contributed by atoms with Gasteiger partial charge in [0.2, 0.25) is 0 Å². The summed E-state index contributed by atoms with van der Waals surface area (Å²) < 4.78 is 1.01. The Morgan fingerprint density at radius 3 is 2.15 bits per heavy atom. The van der Waals surface area contributed by atoms with Crippen LogP contribution in [-0.4, -0.2) is 16.4 Å². The van der Waals surface area contributed by atoms with Crippen LogP contribution in [0, 0.1) is 0 Å². The lowest BCUT2D eigenvalue weighted by Crippen LogP contribution is -1.84. The van der Waals surface area contributed by atoms with E-state index in [9.17, 15) is 10.2 Å². The normalized spacial score (nSPS) is 11.2. The molecule has 0 spiro atoms. The van der Waals surface area contributed by atoms with Crippen molar-refractivity contribution >= 4 is 67.0 Å². The zero-order valence-corrected chi connectivity index (χ0v) is 14.4. The molecule has 0 saturated heterocycles. The third-order valence-corrected chi connectivity index (χ3v) is 4.13. The second kappa shape index (κ2) is 6.35. The van der Waals surface area contributed by atoms with Crippen LogP contribution in [0.3, 0.4) is 0 Å². The van der Waals surface area contributed by atoms with Crippen molar-refractivity contribution < 1.29 is 10.2 Å². The van der Waals surface area contributed by atoms with Crippen LogP contribution in [-0.2, 0) is 0 Å². The molecule has 0 radical (unpaired) electrons. The molecule has 104 valence electrons. The van der Waals surface area contributed by atoms with Crippen LogP contribution in [0.5, 0.6) is 11.5 Å². The number of halogens is 4. The van der Waals surface area contributed by atoms with E-state index in [4.69, 9.17) is 23.2 Å². The van der Waals surface area contributed by atoms with E-state index >= 15 is 0 Å². The summed E-state index contributed by atoms with van der Waals surface area (Å²) >= 11 is 18.1. The molecule has 20 heavy (non-hydrogen) atoms. The lowest BCUT2D eigenvalue weighted by molar-refractivity contribution is 0.468. The molecule has 7 heteroatoms. The highest BCUT2D eigenvalue weighted by molar-refractivity contribution is 9.11. The molecule has 2 N–H and O–H groups in total. The van der Waals surface area contributed by atoms with Gasteiger partial charge < -0.3 is 10.2 Å². The lowest BCUT2D eigenvalue weighted by atomic mass is 10.2. The second-order valence-electron chi connectivity index (χ2n) is 3.84. The third kappa shape index (κ3) is 3.47. The third-order valence-electron chi connectivity index (χ3n) is 2.41. The van der Waals surface area contributed by atoms with E-state index in [1.807, 2.05) is 0 Å². The van der Waals surface area contributed by atoms with Crippen molar-refractivity contribution in [2.24, 2.45) is 4.99 Å². The standard InChI is InChI=1S/C13H7Br2Cl2NO2/c14-9-3-8(4-10(15)13(9)20)18-5-6-1-7(16)2-11(17)12(6)19/h1-5,19-20H. The maximum atomic E-state index is 9.81. The minimum atomic E-state index is -0.0864. The van der Waals surface area contributed by atoms with Crippen molar-refractivity contribution in [3.8, 4) is 11.5 Å². The van der Waals surface area contributed by atoms with Gasteiger partial charge in [-0.2, -0.15) is 0 Å². The van der Waals surface area contributed by atoms with Gasteiger partial charge in [0.1, 0.15) is 11.5 Å². The van der Waals surface area contributed by atoms with Crippen LogP contribution in [0.2, 0.25) is 10.0 Å². The number of rotatable bonds is 2. The number of aliphatic imine (C=N–C) groups is 1. The van der Waals surface area contributed by atoms with Crippen LogP contribution < -0.4 is 0 Å². The summed E-state index contributed by atoms with van der Waals surface area (Å²) in [6, 6.07) is 6.28. The zero-order valence-electron chi connectivity index (χ0n) is 9.74. The topological polar surface area (TPSA) is 52.8 Å². The predicted molar refractivity (Wildman–Crippen MR) is 88.9 cm³/mol. The number of hydrogen-bond acceptors (Lipinski definition) is 3. The molecule has 0 atom stereocenters. The maximum Gasteiger partial charge on any atom is 0.144 e. The van der Waals surface area contributed by atoms with Gasteiger partial charge in [-0.3, -0.25) is 4.99 Å². The Hall–Kier alpha value is -0.750. The lowest BCUT2D eigenvalue weighted by Gasteiger charge is -2.04. The van der Waals surface area contributed by atoms with Gasteiger partial charge in [0.05, 0.1) is 19.7 Å². The summed E-state index contributed by atoms with van der Waals surface area (Å²) in [6.45, 7) is 0. The summed E-state index contributed by atoms with van der Waals surface area (Å²) in [6.07, 6.45) is 1.44. The van der Waals surface area contributed by atoms with Crippen molar-refractivity contribution in [3.63, 3.8) is 0 Å². The van der Waals surface area contributed by atoms with E-state index in [-0.39, 0.29) is 16.5 Å². The Morgan fingerprint density at radius 1 is 0.950 bits per heavy atom. The van der Waals surface area contributed by atoms with Crippen molar-refractivity contribution in [2.75, 3.05) is 0 Å². The van der Waals surface area contributed by atoms with E-state index in [0.29, 0.717) is 25.2 Å². The molecule has 0 heterocycles. The summed E-state index contributed by atoms with van der Waals surface area (Å²) in [4.78, 5) is 4.21. The minimum absolute atomic E-state index is 0.0864. The molecule has 2 rings (SSSR count).